The van der Waals surface area contributed by atoms with E-state index in [-0.39, 0.29) is 5.56 Å². The van der Waals surface area contributed by atoms with Crippen molar-refractivity contribution in [1.82, 2.24) is 15.4 Å². The molecule has 0 bridgehead atoms. The van der Waals surface area contributed by atoms with Crippen LogP contribution >= 0.6 is 8.25 Å². The molecule has 8 nitrogen and oxygen atoms in total. The maximum absolute atomic E-state index is 10.6. The number of carboxylic acids is 1. The molecule has 0 amide bonds. The Labute approximate surface area is 89.5 Å². The van der Waals surface area contributed by atoms with Crippen LogP contribution in [0.4, 0.5) is 0 Å². The Balaban J connectivity index is 0.000000280. The van der Waals surface area contributed by atoms with Gasteiger partial charge in [0.1, 0.15) is 5.52 Å². The lowest BCUT2D eigenvalue weighted by Gasteiger charge is -1.92. The molecule has 86 valence electrons. The zero-order valence-electron chi connectivity index (χ0n) is 7.78. The van der Waals surface area contributed by atoms with Gasteiger partial charge >= 0.3 is 14.2 Å². The Morgan fingerprint density at radius 3 is 2.56 bits per heavy atom. The first-order valence-corrected chi connectivity index (χ1v) is 5.27. The second kappa shape index (κ2) is 5.36. The number of carbonyl (C=O) groups is 1. The minimum Gasteiger partial charge on any atom is -0.478 e. The van der Waals surface area contributed by atoms with Crippen molar-refractivity contribution in [3.63, 3.8) is 0 Å². The van der Waals surface area contributed by atoms with Crippen molar-refractivity contribution in [2.75, 3.05) is 0 Å². The van der Waals surface area contributed by atoms with Gasteiger partial charge < -0.3 is 14.9 Å². The van der Waals surface area contributed by atoms with Crippen LogP contribution in [0, 0.1) is 0 Å². The Morgan fingerprint density at radius 2 is 2.00 bits per heavy atom. The van der Waals surface area contributed by atoms with Crippen molar-refractivity contribution in [3.8, 4) is 0 Å². The number of nitrogens with one attached hydrogen (secondary N) is 1. The highest BCUT2D eigenvalue weighted by atomic mass is 31.1. The van der Waals surface area contributed by atoms with Gasteiger partial charge in [0.2, 0.25) is 0 Å². The monoisotopic (exact) mass is 245 g/mol. The van der Waals surface area contributed by atoms with Gasteiger partial charge in [0.05, 0.1) is 11.1 Å². The number of benzene rings is 1. The van der Waals surface area contributed by atoms with Gasteiger partial charge in [-0.3, -0.25) is 9.66 Å². The molecule has 0 saturated carbocycles. The van der Waals surface area contributed by atoms with Gasteiger partial charge in [-0.25, -0.2) is 4.79 Å². The van der Waals surface area contributed by atoms with Crippen LogP contribution in [-0.2, 0) is 4.57 Å². The van der Waals surface area contributed by atoms with E-state index in [1.165, 1.54) is 6.07 Å². The third kappa shape index (κ3) is 3.13. The van der Waals surface area contributed by atoms with Gasteiger partial charge in [-0.15, -0.1) is 5.10 Å². The average molecular weight is 245 g/mol. The van der Waals surface area contributed by atoms with E-state index in [2.05, 4.69) is 15.4 Å². The Hall–Kier alpha value is -1.76. The quantitative estimate of drug-likeness (QED) is 0.519. The molecule has 9 heteroatoms. The minimum absolute atomic E-state index is 0.168. The van der Waals surface area contributed by atoms with E-state index in [0.717, 1.165) is 0 Å². The first-order chi connectivity index (χ1) is 7.52. The second-order valence-electron chi connectivity index (χ2n) is 2.60. The van der Waals surface area contributed by atoms with E-state index in [9.17, 15) is 4.79 Å². The fourth-order valence-corrected chi connectivity index (χ4v) is 1.04. The molecule has 0 fully saturated rings. The van der Waals surface area contributed by atoms with Gasteiger partial charge in [0.15, 0.2) is 0 Å². The molecule has 0 aliphatic carbocycles. The van der Waals surface area contributed by atoms with Gasteiger partial charge in [-0.2, -0.15) is 0 Å². The van der Waals surface area contributed by atoms with E-state index in [4.69, 9.17) is 19.5 Å². The summed E-state index contributed by atoms with van der Waals surface area (Å²) in [5.74, 6) is -0.991. The highest BCUT2D eigenvalue weighted by molar-refractivity contribution is 7.30. The number of fused-ring (bicyclic) bond motifs is 1. The maximum Gasteiger partial charge on any atom is 0.338 e. The third-order valence-electron chi connectivity index (χ3n) is 1.59. The predicted molar refractivity (Wildman–Crippen MR) is 54.3 cm³/mol. The zero-order chi connectivity index (χ0) is 12.1. The highest BCUT2D eigenvalue weighted by Gasteiger charge is 2.09. The summed E-state index contributed by atoms with van der Waals surface area (Å²) in [4.78, 5) is 24.9. The van der Waals surface area contributed by atoms with Crippen LogP contribution in [0.1, 0.15) is 10.4 Å². The van der Waals surface area contributed by atoms with Crippen molar-refractivity contribution in [2.45, 2.75) is 0 Å². The number of aromatic amines is 1. The first-order valence-electron chi connectivity index (χ1n) is 3.97. The molecule has 16 heavy (non-hydrogen) atoms. The average Bonchev–Trinajstić information content (AvgIpc) is 2.63. The molecule has 2 rings (SSSR count). The summed E-state index contributed by atoms with van der Waals surface area (Å²) >= 11 is 0. The summed E-state index contributed by atoms with van der Waals surface area (Å²) in [5.41, 5.74) is 1.20. The number of nitrogens with zero attached hydrogens (tertiary/aromatic N) is 2. The Kier molecular flexibility index (Phi) is 4.12. The SMILES string of the molecule is O=C(O)c1cccc2[nH]nnc12.O=[PH](O)O. The smallest absolute Gasteiger partial charge is 0.338 e. The van der Waals surface area contributed by atoms with Crippen LogP contribution in [0.5, 0.6) is 0 Å². The van der Waals surface area contributed by atoms with E-state index in [1.54, 1.807) is 12.1 Å². The standard InChI is InChI=1S/C7H5N3O2.H3O3P/c11-7(12)4-2-1-3-5-6(4)9-10-8-5;1-4(2)3/h1-3H,(H,11,12)(H,8,9,10);4H,(H2,1,2,3). The van der Waals surface area contributed by atoms with Crippen LogP contribution in [-0.4, -0.2) is 36.3 Å². The molecule has 0 unspecified atom stereocenters. The van der Waals surface area contributed by atoms with Crippen molar-refractivity contribution in [3.05, 3.63) is 23.8 Å². The molecule has 1 aromatic heterocycles. The van der Waals surface area contributed by atoms with Gasteiger partial charge in [-0.05, 0) is 12.1 Å². The third-order valence-corrected chi connectivity index (χ3v) is 1.59. The van der Waals surface area contributed by atoms with Crippen LogP contribution in [0.15, 0.2) is 18.2 Å². The number of carboxylic acid groups (broad SMARTS) is 1. The molecular weight excluding hydrogens is 237 g/mol. The minimum atomic E-state index is -3.13. The Morgan fingerprint density at radius 1 is 1.38 bits per heavy atom. The number of hydrogen-bond acceptors (Lipinski definition) is 4. The van der Waals surface area contributed by atoms with Gasteiger partial charge in [-0.1, -0.05) is 11.3 Å². The van der Waals surface area contributed by atoms with Crippen LogP contribution in [0.25, 0.3) is 11.0 Å². The van der Waals surface area contributed by atoms with E-state index >= 15 is 0 Å². The zero-order valence-corrected chi connectivity index (χ0v) is 8.78. The van der Waals surface area contributed by atoms with E-state index < -0.39 is 14.2 Å². The predicted octanol–water partition coefficient (Wildman–Crippen LogP) is 0.0168. The van der Waals surface area contributed by atoms with Crippen LogP contribution < -0.4 is 0 Å². The number of aromatic carboxylic acids is 1. The molecule has 0 radical (unpaired) electrons. The number of hydrogen-bond donors (Lipinski definition) is 4. The van der Waals surface area contributed by atoms with E-state index in [1.807, 2.05) is 0 Å². The molecule has 0 aliphatic rings. The van der Waals surface area contributed by atoms with Crippen molar-refractivity contribution < 1.29 is 24.3 Å². The fraction of sp³-hybridized carbons (Fsp3) is 0. The lowest BCUT2D eigenvalue weighted by atomic mass is 10.2. The molecule has 0 atom stereocenters. The van der Waals surface area contributed by atoms with Crippen LogP contribution in [0.3, 0.4) is 0 Å². The summed E-state index contributed by atoms with van der Waals surface area (Å²) in [6.45, 7) is 0. The second-order valence-corrected chi connectivity index (χ2v) is 3.17. The lowest BCUT2D eigenvalue weighted by Crippen LogP contribution is -1.96. The highest BCUT2D eigenvalue weighted by Crippen LogP contribution is 2.12. The Bertz CT molecular complexity index is 521. The van der Waals surface area contributed by atoms with Gasteiger partial charge in [0.25, 0.3) is 0 Å². The van der Waals surface area contributed by atoms with Crippen molar-refractivity contribution in [2.24, 2.45) is 0 Å². The number of rotatable bonds is 1. The van der Waals surface area contributed by atoms with E-state index in [0.29, 0.717) is 11.0 Å². The molecular formula is C7H8N3O5P. The summed E-state index contributed by atoms with van der Waals surface area (Å²) < 4.78 is 8.74. The van der Waals surface area contributed by atoms with Crippen molar-refractivity contribution >= 4 is 25.3 Å². The first kappa shape index (κ1) is 12.3. The molecule has 0 aliphatic heterocycles. The summed E-state index contributed by atoms with van der Waals surface area (Å²) in [6, 6.07) is 4.86. The largest absolute Gasteiger partial charge is 0.478 e. The summed E-state index contributed by atoms with van der Waals surface area (Å²) in [5, 5.41) is 18.5. The van der Waals surface area contributed by atoms with Gasteiger partial charge in [0, 0.05) is 0 Å². The molecule has 4 N–H and O–H groups in total. The maximum atomic E-state index is 10.6. The normalized spacial score (nSPS) is 9.94. The number of aromatic nitrogens is 3. The summed E-state index contributed by atoms with van der Waals surface area (Å²) in [6.07, 6.45) is 0. The molecule has 0 saturated heterocycles. The van der Waals surface area contributed by atoms with Crippen LogP contribution in [0.2, 0.25) is 0 Å². The molecule has 2 aromatic rings. The summed E-state index contributed by atoms with van der Waals surface area (Å²) in [7, 11) is -3.13. The van der Waals surface area contributed by atoms with Crippen molar-refractivity contribution in [1.29, 1.82) is 0 Å². The molecule has 1 aromatic carbocycles. The molecule has 1 heterocycles. The topological polar surface area (TPSA) is 136 Å². The molecule has 0 spiro atoms. The fourth-order valence-electron chi connectivity index (χ4n) is 1.04. The number of H-pyrrole nitrogens is 1. The lowest BCUT2D eigenvalue weighted by molar-refractivity contribution is 0.0698.